The van der Waals surface area contributed by atoms with Gasteiger partial charge in [-0.25, -0.2) is 0 Å². The number of rotatable bonds is 6. The number of benzene rings is 1. The predicted octanol–water partition coefficient (Wildman–Crippen LogP) is 3.44. The zero-order valence-corrected chi connectivity index (χ0v) is 13.4. The summed E-state index contributed by atoms with van der Waals surface area (Å²) in [4.78, 5) is 22.8. The molecule has 0 aliphatic rings. The van der Waals surface area contributed by atoms with Crippen LogP contribution in [0.2, 0.25) is 0 Å². The van der Waals surface area contributed by atoms with Gasteiger partial charge in [-0.15, -0.1) is 0 Å². The van der Waals surface area contributed by atoms with Crippen molar-refractivity contribution in [2.75, 3.05) is 5.33 Å². The third-order valence-electron chi connectivity index (χ3n) is 3.13. The number of carbonyl (C=O) groups excluding carboxylic acids is 1. The molecule has 0 heterocycles. The van der Waals surface area contributed by atoms with E-state index >= 15 is 0 Å². The lowest BCUT2D eigenvalue weighted by molar-refractivity contribution is -0.385. The number of halogens is 1. The molecule has 0 saturated heterocycles. The van der Waals surface area contributed by atoms with Crippen LogP contribution in [0.1, 0.15) is 36.2 Å². The molecule has 5 nitrogen and oxygen atoms in total. The Labute approximate surface area is 127 Å². The normalized spacial score (nSPS) is 12.2. The van der Waals surface area contributed by atoms with Crippen LogP contribution in [0.15, 0.2) is 18.2 Å². The minimum Gasteiger partial charge on any atom is -0.349 e. The Bertz CT molecular complexity index is 503. The summed E-state index contributed by atoms with van der Waals surface area (Å²) in [6, 6.07) is 4.55. The van der Waals surface area contributed by atoms with Gasteiger partial charge < -0.3 is 5.32 Å². The first kappa shape index (κ1) is 16.6. The van der Waals surface area contributed by atoms with Crippen LogP contribution in [0.4, 0.5) is 5.69 Å². The van der Waals surface area contributed by atoms with E-state index in [1.165, 1.54) is 6.07 Å². The van der Waals surface area contributed by atoms with Crippen molar-refractivity contribution in [1.82, 2.24) is 5.32 Å². The van der Waals surface area contributed by atoms with E-state index in [0.717, 1.165) is 17.3 Å². The van der Waals surface area contributed by atoms with Gasteiger partial charge >= 0.3 is 0 Å². The standard InChI is InChI=1S/C14H19BrN2O3/c1-9(2)12(6-7-15)16-14(18)11-8-10(3)4-5-13(11)17(19)20/h4-5,8-9,12H,6-7H2,1-3H3,(H,16,18). The van der Waals surface area contributed by atoms with Gasteiger partial charge in [-0.05, 0) is 30.9 Å². The number of aryl methyl sites for hydroxylation is 1. The summed E-state index contributed by atoms with van der Waals surface area (Å²) >= 11 is 3.35. The predicted molar refractivity (Wildman–Crippen MR) is 82.3 cm³/mol. The van der Waals surface area contributed by atoms with E-state index in [2.05, 4.69) is 21.2 Å². The van der Waals surface area contributed by atoms with Crippen molar-refractivity contribution in [1.29, 1.82) is 0 Å². The molecule has 1 N–H and O–H groups in total. The highest BCUT2D eigenvalue weighted by Gasteiger charge is 2.23. The van der Waals surface area contributed by atoms with E-state index in [9.17, 15) is 14.9 Å². The van der Waals surface area contributed by atoms with E-state index < -0.39 is 4.92 Å². The minimum absolute atomic E-state index is 0.0120. The zero-order chi connectivity index (χ0) is 15.3. The Balaban J connectivity index is 3.02. The third-order valence-corrected chi connectivity index (χ3v) is 3.59. The van der Waals surface area contributed by atoms with Crippen molar-refractivity contribution in [2.45, 2.75) is 33.2 Å². The number of carbonyl (C=O) groups is 1. The highest BCUT2D eigenvalue weighted by molar-refractivity contribution is 9.09. The largest absolute Gasteiger partial charge is 0.349 e. The summed E-state index contributed by atoms with van der Waals surface area (Å²) in [5, 5.41) is 14.7. The number of alkyl halides is 1. The van der Waals surface area contributed by atoms with Crippen LogP contribution in [-0.4, -0.2) is 22.2 Å². The van der Waals surface area contributed by atoms with Crippen LogP contribution in [0.25, 0.3) is 0 Å². The smallest absolute Gasteiger partial charge is 0.282 e. The molecule has 0 saturated carbocycles. The van der Waals surface area contributed by atoms with Crippen molar-refractivity contribution in [2.24, 2.45) is 5.92 Å². The Morgan fingerprint density at radius 3 is 2.60 bits per heavy atom. The van der Waals surface area contributed by atoms with Crippen molar-refractivity contribution in [3.63, 3.8) is 0 Å². The molecule has 0 radical (unpaired) electrons. The lowest BCUT2D eigenvalue weighted by Crippen LogP contribution is -2.39. The van der Waals surface area contributed by atoms with Gasteiger partial charge in [0.05, 0.1) is 4.92 Å². The summed E-state index contributed by atoms with van der Waals surface area (Å²) in [7, 11) is 0. The first-order valence-electron chi connectivity index (χ1n) is 6.48. The number of nitrogens with one attached hydrogen (secondary N) is 1. The number of nitrogens with zero attached hydrogens (tertiary/aromatic N) is 1. The molecule has 0 fully saturated rings. The second-order valence-electron chi connectivity index (χ2n) is 5.08. The van der Waals surface area contributed by atoms with Crippen molar-refractivity contribution >= 4 is 27.5 Å². The third kappa shape index (κ3) is 4.30. The van der Waals surface area contributed by atoms with E-state index in [0.29, 0.717) is 0 Å². The lowest BCUT2D eigenvalue weighted by Gasteiger charge is -2.21. The van der Waals surface area contributed by atoms with Crippen LogP contribution in [0.3, 0.4) is 0 Å². The summed E-state index contributed by atoms with van der Waals surface area (Å²) < 4.78 is 0. The SMILES string of the molecule is Cc1ccc([N+](=O)[O-])c(C(=O)NC(CCBr)C(C)C)c1. The highest BCUT2D eigenvalue weighted by Crippen LogP contribution is 2.20. The summed E-state index contributed by atoms with van der Waals surface area (Å²) in [5.41, 5.74) is 0.784. The molecule has 1 aromatic carbocycles. The Morgan fingerprint density at radius 2 is 2.10 bits per heavy atom. The molecule has 20 heavy (non-hydrogen) atoms. The van der Waals surface area contributed by atoms with Crippen molar-refractivity contribution < 1.29 is 9.72 Å². The number of hydrogen-bond donors (Lipinski definition) is 1. The summed E-state index contributed by atoms with van der Waals surface area (Å²) in [5.74, 6) is -0.125. The molecule has 1 rings (SSSR count). The van der Waals surface area contributed by atoms with Gasteiger partial charge in [0, 0.05) is 17.4 Å². The molecular weight excluding hydrogens is 324 g/mol. The van der Waals surface area contributed by atoms with Gasteiger partial charge in [0.1, 0.15) is 5.56 Å². The molecule has 6 heteroatoms. The molecule has 0 spiro atoms. The Morgan fingerprint density at radius 1 is 1.45 bits per heavy atom. The van der Waals surface area contributed by atoms with Crippen LogP contribution in [0, 0.1) is 23.0 Å². The molecule has 1 amide bonds. The number of amides is 1. The number of nitro groups is 1. The van der Waals surface area contributed by atoms with Gasteiger partial charge in [-0.3, -0.25) is 14.9 Å². The topological polar surface area (TPSA) is 72.2 Å². The average Bonchev–Trinajstić information content (AvgIpc) is 2.37. The molecule has 1 aromatic rings. The first-order valence-corrected chi connectivity index (χ1v) is 7.60. The monoisotopic (exact) mass is 342 g/mol. The molecule has 1 unspecified atom stereocenters. The maximum Gasteiger partial charge on any atom is 0.282 e. The molecule has 0 aliphatic heterocycles. The number of nitro benzene ring substituents is 1. The lowest BCUT2D eigenvalue weighted by atomic mass is 10.0. The van der Waals surface area contributed by atoms with Gasteiger partial charge in [-0.1, -0.05) is 35.8 Å². The van der Waals surface area contributed by atoms with E-state index in [-0.39, 0.29) is 29.1 Å². The van der Waals surface area contributed by atoms with Crippen LogP contribution < -0.4 is 5.32 Å². The van der Waals surface area contributed by atoms with Gasteiger partial charge in [-0.2, -0.15) is 0 Å². The minimum atomic E-state index is -0.525. The van der Waals surface area contributed by atoms with Gasteiger partial charge in [0.2, 0.25) is 0 Å². The van der Waals surface area contributed by atoms with Crippen LogP contribution >= 0.6 is 15.9 Å². The van der Waals surface area contributed by atoms with Crippen LogP contribution in [0.5, 0.6) is 0 Å². The van der Waals surface area contributed by atoms with Gasteiger partial charge in [0.15, 0.2) is 0 Å². The molecule has 110 valence electrons. The molecule has 0 bridgehead atoms. The van der Waals surface area contributed by atoms with Crippen molar-refractivity contribution in [3.8, 4) is 0 Å². The first-order chi connectivity index (χ1) is 9.36. The zero-order valence-electron chi connectivity index (χ0n) is 11.9. The molecule has 0 aliphatic carbocycles. The fraction of sp³-hybridized carbons (Fsp3) is 0.500. The molecular formula is C14H19BrN2O3. The fourth-order valence-corrected chi connectivity index (χ4v) is 2.42. The second kappa shape index (κ2) is 7.38. The second-order valence-corrected chi connectivity index (χ2v) is 5.87. The van der Waals surface area contributed by atoms with Crippen LogP contribution in [-0.2, 0) is 0 Å². The molecule has 1 atom stereocenters. The Kier molecular flexibility index (Phi) is 6.13. The van der Waals surface area contributed by atoms with Crippen molar-refractivity contribution in [3.05, 3.63) is 39.4 Å². The summed E-state index contributed by atoms with van der Waals surface area (Å²) in [6.07, 6.45) is 0.781. The van der Waals surface area contributed by atoms with E-state index in [1.54, 1.807) is 19.1 Å². The fourth-order valence-electron chi connectivity index (χ4n) is 1.93. The van der Waals surface area contributed by atoms with E-state index in [4.69, 9.17) is 0 Å². The average molecular weight is 343 g/mol. The maximum atomic E-state index is 12.3. The van der Waals surface area contributed by atoms with Gasteiger partial charge in [0.25, 0.3) is 11.6 Å². The Hall–Kier alpha value is -1.43. The van der Waals surface area contributed by atoms with E-state index in [1.807, 2.05) is 13.8 Å². The highest BCUT2D eigenvalue weighted by atomic mass is 79.9. The molecule has 0 aromatic heterocycles. The maximum absolute atomic E-state index is 12.3. The summed E-state index contributed by atoms with van der Waals surface area (Å²) in [6.45, 7) is 5.83. The quantitative estimate of drug-likeness (QED) is 0.489. The number of hydrogen-bond acceptors (Lipinski definition) is 3.